The number of carbonyl (C=O) groups excluding carboxylic acids is 1. The third-order valence-electron chi connectivity index (χ3n) is 7.17. The van der Waals surface area contributed by atoms with Gasteiger partial charge in [-0.3, -0.25) is 14.7 Å². The van der Waals surface area contributed by atoms with Crippen LogP contribution >= 0.6 is 0 Å². The molecule has 1 unspecified atom stereocenters. The number of imidazole rings is 1. The largest absolute Gasteiger partial charge is 0.369 e. The van der Waals surface area contributed by atoms with Gasteiger partial charge in [0.05, 0.1) is 17.6 Å². The second kappa shape index (κ2) is 10.1. The van der Waals surface area contributed by atoms with Gasteiger partial charge in [0, 0.05) is 49.3 Å². The highest BCUT2D eigenvalue weighted by Crippen LogP contribution is 2.31. The zero-order valence-corrected chi connectivity index (χ0v) is 21.4. The molecule has 1 aromatic carbocycles. The number of Topliss-reactive ketones (excluding diaryl/α,β-unsaturated/α-hetero) is 1. The number of nitrogens with zero attached hydrogens (tertiary/aromatic N) is 5. The third kappa shape index (κ3) is 4.92. The van der Waals surface area contributed by atoms with Crippen molar-refractivity contribution in [2.75, 3.05) is 31.1 Å². The third-order valence-corrected chi connectivity index (χ3v) is 7.17. The van der Waals surface area contributed by atoms with Crippen molar-refractivity contribution in [3.63, 3.8) is 0 Å². The van der Waals surface area contributed by atoms with Gasteiger partial charge < -0.3 is 9.30 Å². The van der Waals surface area contributed by atoms with Crippen molar-refractivity contribution in [1.29, 1.82) is 0 Å². The van der Waals surface area contributed by atoms with Crippen LogP contribution in [0.15, 0.2) is 36.8 Å². The normalized spacial score (nSPS) is 18.5. The van der Waals surface area contributed by atoms with E-state index >= 15 is 0 Å². The van der Waals surface area contributed by atoms with Crippen molar-refractivity contribution in [2.24, 2.45) is 5.92 Å². The highest BCUT2D eigenvalue weighted by Gasteiger charge is 2.23. The van der Waals surface area contributed by atoms with E-state index in [2.05, 4.69) is 73.0 Å². The molecule has 3 aromatic rings. The molecule has 0 radical (unpaired) electrons. The van der Waals surface area contributed by atoms with Gasteiger partial charge >= 0.3 is 0 Å². The molecule has 0 N–H and O–H groups in total. The lowest BCUT2D eigenvalue weighted by molar-refractivity contribution is 0.101. The fourth-order valence-corrected chi connectivity index (χ4v) is 4.87. The van der Waals surface area contributed by atoms with Crippen LogP contribution in [0.5, 0.6) is 0 Å². The van der Waals surface area contributed by atoms with E-state index in [1.807, 2.05) is 23.7 Å². The smallest absolute Gasteiger partial charge is 0.160 e. The summed E-state index contributed by atoms with van der Waals surface area (Å²) < 4.78 is 2.03. The first-order valence-electron chi connectivity index (χ1n) is 12.5. The Labute approximate surface area is 203 Å². The summed E-state index contributed by atoms with van der Waals surface area (Å²) >= 11 is 0. The summed E-state index contributed by atoms with van der Waals surface area (Å²) in [6.07, 6.45) is 9.02. The number of piperazine rings is 1. The quantitative estimate of drug-likeness (QED) is 0.445. The number of likely N-dealkylation sites (N-methyl/N-ethyl adjacent to an activating group) is 1. The molecule has 1 aliphatic rings. The summed E-state index contributed by atoms with van der Waals surface area (Å²) in [6, 6.07) is 6.85. The summed E-state index contributed by atoms with van der Waals surface area (Å²) in [7, 11) is 0. The van der Waals surface area contributed by atoms with Crippen LogP contribution in [0.2, 0.25) is 0 Å². The molecular weight excluding hydrogens is 422 g/mol. The van der Waals surface area contributed by atoms with Crippen molar-refractivity contribution in [2.45, 2.75) is 54.0 Å². The van der Waals surface area contributed by atoms with Gasteiger partial charge in [0.25, 0.3) is 0 Å². The molecule has 1 aliphatic heterocycles. The van der Waals surface area contributed by atoms with E-state index in [4.69, 9.17) is 4.98 Å². The van der Waals surface area contributed by atoms with Crippen LogP contribution in [0.4, 0.5) is 5.69 Å². The minimum Gasteiger partial charge on any atom is -0.369 e. The van der Waals surface area contributed by atoms with Crippen LogP contribution < -0.4 is 4.90 Å². The van der Waals surface area contributed by atoms with Crippen molar-refractivity contribution in [1.82, 2.24) is 19.3 Å². The summed E-state index contributed by atoms with van der Waals surface area (Å²) in [5.41, 5.74) is 6.72. The monoisotopic (exact) mass is 459 g/mol. The Bertz CT molecular complexity index is 1210. The van der Waals surface area contributed by atoms with Crippen molar-refractivity contribution in [3.8, 4) is 0 Å². The van der Waals surface area contributed by atoms with Crippen LogP contribution in [0.1, 0.15) is 68.3 Å². The summed E-state index contributed by atoms with van der Waals surface area (Å²) in [5, 5.41) is 0. The van der Waals surface area contributed by atoms with Crippen LogP contribution in [-0.4, -0.2) is 57.3 Å². The number of fused-ring (bicyclic) bond motifs is 1. The standard InChI is InChI=1S/C28H37N5O/c1-7-19(3)25(27-18-33-16-20(4)29-15-28(33)30-27)13-23-9-10-24(14-26(23)22(6)34)32-12-11-31(8-2)21(5)17-32/h9-10,13-16,18-19,21H,7-8,11-12,17H2,1-6H3/b25-13+/t19?,21-/m1/s1. The lowest BCUT2D eigenvalue weighted by Crippen LogP contribution is -2.51. The van der Waals surface area contributed by atoms with E-state index in [-0.39, 0.29) is 5.78 Å². The number of rotatable bonds is 7. The first kappa shape index (κ1) is 24.1. The zero-order chi connectivity index (χ0) is 24.4. The SMILES string of the molecule is CCC(C)/C(=C\c1ccc(N2CCN(CC)[C@H](C)C2)cc1C(C)=O)c1cn2cc(C)ncc2n1. The Morgan fingerprint density at radius 1 is 1.24 bits per heavy atom. The van der Waals surface area contributed by atoms with E-state index < -0.39 is 0 Å². The van der Waals surface area contributed by atoms with Crippen LogP contribution in [0.25, 0.3) is 17.3 Å². The summed E-state index contributed by atoms with van der Waals surface area (Å²) in [5.74, 6) is 0.396. The Kier molecular flexibility index (Phi) is 7.17. The summed E-state index contributed by atoms with van der Waals surface area (Å²) in [6.45, 7) is 16.6. The molecule has 0 spiro atoms. The van der Waals surface area contributed by atoms with Crippen molar-refractivity contribution >= 4 is 28.8 Å². The molecule has 6 nitrogen and oxygen atoms in total. The maximum atomic E-state index is 12.7. The van der Waals surface area contributed by atoms with E-state index in [1.54, 1.807) is 6.92 Å². The average molecular weight is 460 g/mol. The topological polar surface area (TPSA) is 53.7 Å². The first-order chi connectivity index (χ1) is 16.3. The average Bonchev–Trinajstić information content (AvgIpc) is 3.24. The van der Waals surface area contributed by atoms with Gasteiger partial charge in [-0.2, -0.15) is 0 Å². The Hall–Kier alpha value is -2.99. The Morgan fingerprint density at radius 2 is 2.03 bits per heavy atom. The van der Waals surface area contributed by atoms with Crippen molar-refractivity contribution < 1.29 is 4.79 Å². The Morgan fingerprint density at radius 3 is 2.71 bits per heavy atom. The molecule has 0 aliphatic carbocycles. The zero-order valence-electron chi connectivity index (χ0n) is 21.4. The maximum absolute atomic E-state index is 12.7. The predicted octanol–water partition coefficient (Wildman–Crippen LogP) is 5.36. The number of hydrogen-bond acceptors (Lipinski definition) is 5. The van der Waals surface area contributed by atoms with Gasteiger partial charge in [0.15, 0.2) is 11.4 Å². The highest BCUT2D eigenvalue weighted by atomic mass is 16.1. The molecule has 6 heteroatoms. The second-order valence-electron chi connectivity index (χ2n) is 9.58. The van der Waals surface area contributed by atoms with Crippen LogP contribution in [0, 0.1) is 12.8 Å². The number of aromatic nitrogens is 3. The molecule has 1 fully saturated rings. The van der Waals surface area contributed by atoms with E-state index in [1.165, 1.54) is 0 Å². The molecule has 2 atom stereocenters. The minimum atomic E-state index is 0.0895. The van der Waals surface area contributed by atoms with Gasteiger partial charge in [0.1, 0.15) is 0 Å². The number of carbonyl (C=O) groups is 1. The first-order valence-corrected chi connectivity index (χ1v) is 12.5. The molecule has 0 amide bonds. The number of allylic oxidation sites excluding steroid dienone is 1. The maximum Gasteiger partial charge on any atom is 0.160 e. The van der Waals surface area contributed by atoms with E-state index in [9.17, 15) is 4.79 Å². The Balaban J connectivity index is 1.73. The van der Waals surface area contributed by atoms with Crippen LogP contribution in [-0.2, 0) is 0 Å². The molecule has 180 valence electrons. The molecular formula is C28H37N5O. The van der Waals surface area contributed by atoms with Gasteiger partial charge in [-0.25, -0.2) is 4.98 Å². The molecule has 4 rings (SSSR count). The predicted molar refractivity (Wildman–Crippen MR) is 140 cm³/mol. The second-order valence-corrected chi connectivity index (χ2v) is 9.58. The van der Waals surface area contributed by atoms with Gasteiger partial charge in [-0.05, 0) is 69.0 Å². The lowest BCUT2D eigenvalue weighted by atomic mass is 9.92. The van der Waals surface area contributed by atoms with Gasteiger partial charge in [-0.15, -0.1) is 0 Å². The minimum absolute atomic E-state index is 0.0895. The number of ketones is 1. The van der Waals surface area contributed by atoms with Crippen molar-refractivity contribution in [3.05, 3.63) is 59.3 Å². The molecule has 0 saturated carbocycles. The number of aryl methyl sites for hydroxylation is 1. The number of anilines is 1. The van der Waals surface area contributed by atoms with E-state index in [0.29, 0.717) is 12.0 Å². The summed E-state index contributed by atoms with van der Waals surface area (Å²) in [4.78, 5) is 26.8. The molecule has 1 saturated heterocycles. The van der Waals surface area contributed by atoms with E-state index in [0.717, 1.165) is 72.0 Å². The molecule has 0 bridgehead atoms. The van der Waals surface area contributed by atoms with Gasteiger partial charge in [0.2, 0.25) is 0 Å². The number of benzene rings is 1. The fourth-order valence-electron chi connectivity index (χ4n) is 4.87. The molecule has 34 heavy (non-hydrogen) atoms. The van der Waals surface area contributed by atoms with Crippen LogP contribution in [0.3, 0.4) is 0 Å². The molecule has 3 heterocycles. The molecule has 2 aromatic heterocycles. The fraction of sp³-hybridized carbons (Fsp3) is 0.464. The number of hydrogen-bond donors (Lipinski definition) is 0. The van der Waals surface area contributed by atoms with Gasteiger partial charge in [-0.1, -0.05) is 26.8 Å². The highest BCUT2D eigenvalue weighted by molar-refractivity contribution is 6.00. The lowest BCUT2D eigenvalue weighted by Gasteiger charge is -2.40.